The van der Waals surface area contributed by atoms with Crippen molar-refractivity contribution in [1.29, 1.82) is 0 Å². The van der Waals surface area contributed by atoms with Gasteiger partial charge in [-0.2, -0.15) is 4.31 Å². The number of nitrogen functional groups attached to an aromatic ring is 1. The van der Waals surface area contributed by atoms with Gasteiger partial charge < -0.3 is 5.73 Å². The van der Waals surface area contributed by atoms with Crippen molar-refractivity contribution in [1.82, 2.24) is 4.31 Å². The van der Waals surface area contributed by atoms with Crippen molar-refractivity contribution in [2.45, 2.75) is 11.4 Å². The Labute approximate surface area is 139 Å². The molecule has 0 spiro atoms. The molecule has 0 unspecified atom stereocenters. The molecule has 114 valence electrons. The summed E-state index contributed by atoms with van der Waals surface area (Å²) in [5, 5.41) is 0. The second-order valence-electron chi connectivity index (χ2n) is 4.27. The van der Waals surface area contributed by atoms with E-state index >= 15 is 0 Å². The molecule has 9 heteroatoms. The van der Waals surface area contributed by atoms with Gasteiger partial charge in [-0.25, -0.2) is 12.8 Å². The molecule has 1 aromatic heterocycles. The molecule has 1 aromatic carbocycles. The second-order valence-corrected chi connectivity index (χ2v) is 8.94. The van der Waals surface area contributed by atoms with E-state index in [1.807, 2.05) is 0 Å². The number of nitrogens with two attached hydrogens (primary N) is 1. The summed E-state index contributed by atoms with van der Waals surface area (Å²) in [6.45, 7) is 0.170. The van der Waals surface area contributed by atoms with Crippen LogP contribution in [0.1, 0.15) is 4.88 Å². The van der Waals surface area contributed by atoms with Gasteiger partial charge in [0, 0.05) is 22.9 Å². The van der Waals surface area contributed by atoms with Crippen LogP contribution in [0, 0.1) is 5.82 Å². The summed E-state index contributed by atoms with van der Waals surface area (Å²) in [5.41, 5.74) is 5.23. The molecule has 0 saturated carbocycles. The van der Waals surface area contributed by atoms with Crippen LogP contribution in [0.3, 0.4) is 0 Å². The Morgan fingerprint density at radius 3 is 2.67 bits per heavy atom. The third kappa shape index (κ3) is 3.57. The first-order chi connectivity index (χ1) is 9.71. The molecular formula is C12H11BrClFN2O2S2. The monoisotopic (exact) mass is 412 g/mol. The maximum atomic E-state index is 13.3. The Morgan fingerprint density at radius 1 is 1.43 bits per heavy atom. The number of sulfonamides is 1. The molecule has 0 aliphatic carbocycles. The lowest BCUT2D eigenvalue weighted by molar-refractivity contribution is 0.469. The fraction of sp³-hybridized carbons (Fsp3) is 0.167. The largest absolute Gasteiger partial charge is 0.396 e. The van der Waals surface area contributed by atoms with Crippen LogP contribution in [0.5, 0.6) is 0 Å². The minimum atomic E-state index is -3.79. The fourth-order valence-corrected chi connectivity index (χ4v) is 5.03. The third-order valence-electron chi connectivity index (χ3n) is 2.75. The zero-order valence-electron chi connectivity index (χ0n) is 10.8. The molecule has 0 atom stereocenters. The lowest BCUT2D eigenvalue weighted by atomic mass is 10.3. The Bertz CT molecular complexity index is 780. The highest BCUT2D eigenvalue weighted by molar-refractivity contribution is 9.10. The molecule has 0 amide bonds. The van der Waals surface area contributed by atoms with Crippen LogP contribution < -0.4 is 5.73 Å². The SMILES string of the molecule is CN(Cc1ccc(Cl)s1)S(=O)(=O)c1cc(N)c(F)cc1Br. The van der Waals surface area contributed by atoms with Crippen LogP contribution in [-0.4, -0.2) is 19.8 Å². The first kappa shape index (κ1) is 16.7. The van der Waals surface area contributed by atoms with E-state index in [0.29, 0.717) is 4.34 Å². The molecule has 0 saturated heterocycles. The Morgan fingerprint density at radius 2 is 2.10 bits per heavy atom. The van der Waals surface area contributed by atoms with Gasteiger partial charge in [0.2, 0.25) is 10.0 Å². The van der Waals surface area contributed by atoms with Crippen molar-refractivity contribution in [2.75, 3.05) is 12.8 Å². The van der Waals surface area contributed by atoms with Crippen molar-refractivity contribution in [3.05, 3.63) is 43.8 Å². The zero-order chi connectivity index (χ0) is 15.8. The van der Waals surface area contributed by atoms with Crippen LogP contribution >= 0.6 is 38.9 Å². The van der Waals surface area contributed by atoms with Crippen LogP contribution in [0.4, 0.5) is 10.1 Å². The summed E-state index contributed by atoms with van der Waals surface area (Å²) in [5.74, 6) is -0.673. The molecule has 0 radical (unpaired) electrons. The molecular weight excluding hydrogens is 403 g/mol. The van der Waals surface area contributed by atoms with Gasteiger partial charge in [0.1, 0.15) is 5.82 Å². The van der Waals surface area contributed by atoms with Crippen molar-refractivity contribution >= 4 is 54.6 Å². The summed E-state index contributed by atoms with van der Waals surface area (Å²) >= 11 is 10.2. The average molecular weight is 414 g/mol. The quantitative estimate of drug-likeness (QED) is 0.777. The number of anilines is 1. The predicted molar refractivity (Wildman–Crippen MR) is 86.5 cm³/mol. The van der Waals surface area contributed by atoms with E-state index in [0.717, 1.165) is 21.3 Å². The minimum Gasteiger partial charge on any atom is -0.396 e. The maximum Gasteiger partial charge on any atom is 0.244 e. The summed E-state index contributed by atoms with van der Waals surface area (Å²) in [6, 6.07) is 5.60. The molecule has 2 rings (SSSR count). The van der Waals surface area contributed by atoms with Gasteiger partial charge >= 0.3 is 0 Å². The van der Waals surface area contributed by atoms with E-state index in [1.54, 1.807) is 12.1 Å². The number of thiophene rings is 1. The van der Waals surface area contributed by atoms with Gasteiger partial charge in [-0.1, -0.05) is 11.6 Å². The molecule has 2 aromatic rings. The number of benzene rings is 1. The van der Waals surface area contributed by atoms with Gasteiger partial charge in [-0.15, -0.1) is 11.3 Å². The number of rotatable bonds is 4. The predicted octanol–water partition coefficient (Wildman–Crippen LogP) is 3.71. The van der Waals surface area contributed by atoms with Crippen molar-refractivity contribution in [3.63, 3.8) is 0 Å². The highest BCUT2D eigenvalue weighted by atomic mass is 79.9. The van der Waals surface area contributed by atoms with Gasteiger partial charge in [-0.3, -0.25) is 0 Å². The molecule has 0 fully saturated rings. The van der Waals surface area contributed by atoms with Crippen LogP contribution in [0.25, 0.3) is 0 Å². The highest BCUT2D eigenvalue weighted by Gasteiger charge is 2.25. The van der Waals surface area contributed by atoms with E-state index in [9.17, 15) is 12.8 Å². The van der Waals surface area contributed by atoms with Crippen LogP contribution in [0.15, 0.2) is 33.6 Å². The average Bonchev–Trinajstić information content (AvgIpc) is 2.79. The van der Waals surface area contributed by atoms with Gasteiger partial charge in [0.15, 0.2) is 0 Å². The van der Waals surface area contributed by atoms with E-state index in [4.69, 9.17) is 17.3 Å². The van der Waals surface area contributed by atoms with E-state index in [-0.39, 0.29) is 21.6 Å². The summed E-state index contributed by atoms with van der Waals surface area (Å²) < 4.78 is 40.2. The minimum absolute atomic E-state index is 0.0773. The molecule has 0 aliphatic heterocycles. The fourth-order valence-electron chi connectivity index (χ4n) is 1.65. The Kier molecular flexibility index (Phi) is 4.94. The zero-order valence-corrected chi connectivity index (χ0v) is 14.8. The molecule has 21 heavy (non-hydrogen) atoms. The highest BCUT2D eigenvalue weighted by Crippen LogP contribution is 2.30. The van der Waals surface area contributed by atoms with Gasteiger partial charge in [0.25, 0.3) is 0 Å². The molecule has 0 bridgehead atoms. The van der Waals surface area contributed by atoms with Gasteiger partial charge in [0.05, 0.1) is 14.9 Å². The Hall–Kier alpha value is -0.670. The summed E-state index contributed by atoms with van der Waals surface area (Å²) in [4.78, 5) is 0.726. The standard InChI is InChI=1S/C12H11BrClFN2O2S2/c1-17(6-7-2-3-12(14)20-7)21(18,19)11-5-10(16)9(15)4-8(11)13/h2-5H,6,16H2,1H3. The lowest BCUT2D eigenvalue weighted by Gasteiger charge is -2.17. The van der Waals surface area contributed by atoms with Crippen molar-refractivity contribution in [2.24, 2.45) is 0 Å². The van der Waals surface area contributed by atoms with E-state index in [1.165, 1.54) is 18.4 Å². The second kappa shape index (κ2) is 6.21. The smallest absolute Gasteiger partial charge is 0.244 e. The first-order valence-corrected chi connectivity index (χ1v) is 9.09. The lowest BCUT2D eigenvalue weighted by Crippen LogP contribution is -2.26. The maximum absolute atomic E-state index is 13.3. The third-order valence-corrected chi connectivity index (χ3v) is 6.72. The number of nitrogens with zero attached hydrogens (tertiary/aromatic N) is 1. The van der Waals surface area contributed by atoms with E-state index < -0.39 is 15.8 Å². The normalized spacial score (nSPS) is 12.0. The Balaban J connectivity index is 2.35. The van der Waals surface area contributed by atoms with Crippen LogP contribution in [0.2, 0.25) is 4.34 Å². The van der Waals surface area contributed by atoms with Crippen molar-refractivity contribution < 1.29 is 12.8 Å². The summed E-state index contributed by atoms with van der Waals surface area (Å²) in [6.07, 6.45) is 0. The number of hydrogen-bond donors (Lipinski definition) is 1. The molecule has 0 aliphatic rings. The molecule has 1 heterocycles. The molecule has 2 N–H and O–H groups in total. The summed E-state index contributed by atoms with van der Waals surface area (Å²) in [7, 11) is -2.36. The molecule has 4 nitrogen and oxygen atoms in total. The first-order valence-electron chi connectivity index (χ1n) is 5.67. The number of hydrogen-bond acceptors (Lipinski definition) is 4. The van der Waals surface area contributed by atoms with Crippen molar-refractivity contribution in [3.8, 4) is 0 Å². The van der Waals surface area contributed by atoms with E-state index in [2.05, 4.69) is 15.9 Å². The number of halogens is 3. The van der Waals surface area contributed by atoms with Crippen LogP contribution in [-0.2, 0) is 16.6 Å². The van der Waals surface area contributed by atoms with Gasteiger partial charge in [-0.05, 0) is 40.2 Å². The topological polar surface area (TPSA) is 63.4 Å².